The number of hydrogen-bond acceptors (Lipinski definition) is 3. The topological polar surface area (TPSA) is 50.9 Å². The van der Waals surface area contributed by atoms with E-state index in [-0.39, 0.29) is 12.4 Å². The van der Waals surface area contributed by atoms with Crippen LogP contribution in [0.25, 0.3) is 0 Å². The zero-order valence-corrected chi connectivity index (χ0v) is 10.6. The quantitative estimate of drug-likeness (QED) is 0.936. The Morgan fingerprint density at radius 3 is 3.00 bits per heavy atom. The van der Waals surface area contributed by atoms with E-state index in [4.69, 9.17) is 5.11 Å². The van der Waals surface area contributed by atoms with Crippen LogP contribution < -0.4 is 0 Å². The van der Waals surface area contributed by atoms with Gasteiger partial charge in [-0.05, 0) is 18.2 Å². The average molecular weight is 300 g/mol. The molecule has 0 aliphatic heterocycles. The third kappa shape index (κ3) is 3.10. The molecule has 90 valence electrons. The van der Waals surface area contributed by atoms with Crippen LogP contribution in [-0.2, 0) is 13.0 Å². The van der Waals surface area contributed by atoms with Crippen LogP contribution in [-0.4, -0.2) is 26.7 Å². The molecule has 6 heteroatoms. The van der Waals surface area contributed by atoms with Crippen LogP contribution in [0.5, 0.6) is 0 Å². The molecule has 1 aromatic carbocycles. The maximum absolute atomic E-state index is 13.5. The van der Waals surface area contributed by atoms with E-state index in [0.717, 1.165) is 4.47 Å². The molecule has 0 saturated carbocycles. The van der Waals surface area contributed by atoms with E-state index >= 15 is 0 Å². The highest BCUT2D eigenvalue weighted by Crippen LogP contribution is 2.16. The van der Waals surface area contributed by atoms with Gasteiger partial charge in [0.1, 0.15) is 5.82 Å². The molecule has 0 saturated heterocycles. The molecule has 0 aliphatic rings. The van der Waals surface area contributed by atoms with Crippen LogP contribution in [0.2, 0.25) is 0 Å². The molecule has 1 N–H and O–H groups in total. The summed E-state index contributed by atoms with van der Waals surface area (Å²) in [4.78, 5) is 0. The molecule has 1 heterocycles. The van der Waals surface area contributed by atoms with Crippen molar-refractivity contribution in [3.8, 4) is 0 Å². The van der Waals surface area contributed by atoms with Gasteiger partial charge < -0.3 is 5.11 Å². The molecule has 1 aromatic heterocycles. The summed E-state index contributed by atoms with van der Waals surface area (Å²) in [6.07, 6.45) is 2.16. The zero-order valence-electron chi connectivity index (χ0n) is 8.98. The van der Waals surface area contributed by atoms with E-state index in [0.29, 0.717) is 24.2 Å². The Bertz CT molecular complexity index is 515. The maximum atomic E-state index is 13.5. The van der Waals surface area contributed by atoms with Gasteiger partial charge in [0.2, 0.25) is 0 Å². The lowest BCUT2D eigenvalue weighted by Gasteiger charge is -2.03. The molecule has 0 amide bonds. The average Bonchev–Trinajstić information content (AvgIpc) is 2.72. The Balaban J connectivity index is 2.16. The molecule has 17 heavy (non-hydrogen) atoms. The van der Waals surface area contributed by atoms with Gasteiger partial charge in [0.15, 0.2) is 0 Å². The van der Waals surface area contributed by atoms with Gasteiger partial charge in [-0.2, -0.15) is 0 Å². The first-order valence-electron chi connectivity index (χ1n) is 5.13. The van der Waals surface area contributed by atoms with Crippen LogP contribution in [0.4, 0.5) is 4.39 Å². The SMILES string of the molecule is OCCc1cn(Cc2cc(Br)ccc2F)nn1. The first-order chi connectivity index (χ1) is 8.19. The van der Waals surface area contributed by atoms with Crippen molar-refractivity contribution in [3.63, 3.8) is 0 Å². The van der Waals surface area contributed by atoms with Gasteiger partial charge in [-0.1, -0.05) is 21.1 Å². The van der Waals surface area contributed by atoms with Gasteiger partial charge in [-0.25, -0.2) is 9.07 Å². The summed E-state index contributed by atoms with van der Waals surface area (Å²) in [6, 6.07) is 4.77. The van der Waals surface area contributed by atoms with Gasteiger partial charge in [-0.3, -0.25) is 0 Å². The first kappa shape index (κ1) is 12.2. The van der Waals surface area contributed by atoms with Crippen molar-refractivity contribution in [2.24, 2.45) is 0 Å². The summed E-state index contributed by atoms with van der Waals surface area (Å²) < 4.78 is 15.9. The normalized spacial score (nSPS) is 10.8. The summed E-state index contributed by atoms with van der Waals surface area (Å²) in [5.41, 5.74) is 1.24. The van der Waals surface area contributed by atoms with Crippen molar-refractivity contribution in [3.05, 3.63) is 45.9 Å². The van der Waals surface area contributed by atoms with Gasteiger partial charge in [0.25, 0.3) is 0 Å². The molecule has 4 nitrogen and oxygen atoms in total. The van der Waals surface area contributed by atoms with E-state index in [1.807, 2.05) is 0 Å². The lowest BCUT2D eigenvalue weighted by Crippen LogP contribution is -2.02. The van der Waals surface area contributed by atoms with Crippen LogP contribution >= 0.6 is 15.9 Å². The number of aliphatic hydroxyl groups is 1. The minimum Gasteiger partial charge on any atom is -0.396 e. The number of benzene rings is 1. The van der Waals surface area contributed by atoms with Gasteiger partial charge in [0.05, 0.1) is 12.2 Å². The first-order valence-corrected chi connectivity index (χ1v) is 5.92. The molecule has 0 aliphatic carbocycles. The summed E-state index contributed by atoms with van der Waals surface area (Å²) in [5.74, 6) is -0.271. The number of aliphatic hydroxyl groups excluding tert-OH is 1. The molecule has 0 spiro atoms. The number of aromatic nitrogens is 3. The molecular formula is C11H11BrFN3O. The van der Waals surface area contributed by atoms with Crippen LogP contribution in [0.3, 0.4) is 0 Å². The van der Waals surface area contributed by atoms with Crippen molar-refractivity contribution in [2.45, 2.75) is 13.0 Å². The lowest BCUT2D eigenvalue weighted by molar-refractivity contribution is 0.298. The van der Waals surface area contributed by atoms with Crippen molar-refractivity contribution in [2.75, 3.05) is 6.61 Å². The van der Waals surface area contributed by atoms with E-state index in [1.165, 1.54) is 6.07 Å². The second-order valence-electron chi connectivity index (χ2n) is 3.62. The van der Waals surface area contributed by atoms with Gasteiger partial charge in [-0.15, -0.1) is 5.10 Å². The number of nitrogens with zero attached hydrogens (tertiary/aromatic N) is 3. The molecule has 0 unspecified atom stereocenters. The second-order valence-corrected chi connectivity index (χ2v) is 4.53. The minimum absolute atomic E-state index is 0.0317. The van der Waals surface area contributed by atoms with E-state index in [2.05, 4.69) is 26.2 Å². The fourth-order valence-corrected chi connectivity index (χ4v) is 1.89. The van der Waals surface area contributed by atoms with Crippen LogP contribution in [0, 0.1) is 5.82 Å². The zero-order chi connectivity index (χ0) is 12.3. The smallest absolute Gasteiger partial charge is 0.128 e. The molecule has 2 rings (SSSR count). The van der Waals surface area contributed by atoms with E-state index in [1.54, 1.807) is 23.0 Å². The van der Waals surface area contributed by atoms with Crippen molar-refractivity contribution < 1.29 is 9.50 Å². The highest BCUT2D eigenvalue weighted by molar-refractivity contribution is 9.10. The minimum atomic E-state index is -0.271. The predicted molar refractivity (Wildman–Crippen MR) is 64.0 cm³/mol. The van der Waals surface area contributed by atoms with Gasteiger partial charge >= 0.3 is 0 Å². The summed E-state index contributed by atoms with van der Waals surface area (Å²) >= 11 is 3.29. The largest absolute Gasteiger partial charge is 0.396 e. The number of rotatable bonds is 4. The monoisotopic (exact) mass is 299 g/mol. The molecule has 0 bridgehead atoms. The van der Waals surface area contributed by atoms with Crippen molar-refractivity contribution in [1.82, 2.24) is 15.0 Å². The third-order valence-electron chi connectivity index (χ3n) is 2.29. The summed E-state index contributed by atoms with van der Waals surface area (Å²) in [5, 5.41) is 16.5. The van der Waals surface area contributed by atoms with Crippen LogP contribution in [0.1, 0.15) is 11.3 Å². The van der Waals surface area contributed by atoms with Crippen LogP contribution in [0.15, 0.2) is 28.9 Å². The summed E-state index contributed by atoms with van der Waals surface area (Å²) in [6.45, 7) is 0.355. The maximum Gasteiger partial charge on any atom is 0.128 e. The molecule has 0 radical (unpaired) electrons. The summed E-state index contributed by atoms with van der Waals surface area (Å²) in [7, 11) is 0. The fraction of sp³-hybridized carbons (Fsp3) is 0.273. The predicted octanol–water partition coefficient (Wildman–Crippen LogP) is 1.76. The number of hydrogen-bond donors (Lipinski definition) is 1. The van der Waals surface area contributed by atoms with E-state index in [9.17, 15) is 4.39 Å². The fourth-order valence-electron chi connectivity index (χ4n) is 1.48. The Morgan fingerprint density at radius 1 is 1.41 bits per heavy atom. The highest BCUT2D eigenvalue weighted by Gasteiger charge is 2.06. The standard InChI is InChI=1S/C11H11BrFN3O/c12-9-1-2-11(13)8(5-9)6-16-7-10(3-4-17)14-15-16/h1-2,5,7,17H,3-4,6H2. The van der Waals surface area contributed by atoms with Crippen molar-refractivity contribution >= 4 is 15.9 Å². The van der Waals surface area contributed by atoms with Crippen molar-refractivity contribution in [1.29, 1.82) is 0 Å². The Hall–Kier alpha value is -1.27. The Labute approximate surface area is 106 Å². The Morgan fingerprint density at radius 2 is 2.24 bits per heavy atom. The Kier molecular flexibility index (Phi) is 3.86. The third-order valence-corrected chi connectivity index (χ3v) is 2.79. The van der Waals surface area contributed by atoms with E-state index < -0.39 is 0 Å². The highest BCUT2D eigenvalue weighted by atomic mass is 79.9. The molecule has 2 aromatic rings. The second kappa shape index (κ2) is 5.37. The molecular weight excluding hydrogens is 289 g/mol. The molecule has 0 fully saturated rings. The number of halogens is 2. The van der Waals surface area contributed by atoms with Gasteiger partial charge in [0, 0.05) is 29.3 Å². The molecule has 0 atom stereocenters. The lowest BCUT2D eigenvalue weighted by atomic mass is 10.2.